The average Bonchev–Trinajstić information content (AvgIpc) is 2.22. The van der Waals surface area contributed by atoms with Gasteiger partial charge in [0.05, 0.1) is 23.5 Å². The van der Waals surface area contributed by atoms with E-state index in [-0.39, 0.29) is 11.7 Å². The number of ether oxygens (including phenoxy) is 1. The summed E-state index contributed by atoms with van der Waals surface area (Å²) in [6.07, 6.45) is 0.292. The summed E-state index contributed by atoms with van der Waals surface area (Å²) in [4.78, 5) is 13.0. The van der Waals surface area contributed by atoms with Crippen LogP contribution in [0.3, 0.4) is 0 Å². The molecule has 0 atom stereocenters. The summed E-state index contributed by atoms with van der Waals surface area (Å²) in [5, 5.41) is 0. The van der Waals surface area contributed by atoms with E-state index in [0.717, 1.165) is 0 Å². The highest BCUT2D eigenvalue weighted by Crippen LogP contribution is 2.15. The van der Waals surface area contributed by atoms with Gasteiger partial charge in [-0.25, -0.2) is 8.42 Å². The molecule has 0 heterocycles. The minimum Gasteiger partial charge on any atom is -0.466 e. The normalized spacial score (nSPS) is 12.8. The molecule has 0 spiro atoms. The van der Waals surface area contributed by atoms with Gasteiger partial charge in [0.2, 0.25) is 0 Å². The van der Waals surface area contributed by atoms with Crippen molar-refractivity contribution >= 4 is 15.8 Å². The van der Waals surface area contributed by atoms with E-state index in [1.807, 2.05) is 4.90 Å². The van der Waals surface area contributed by atoms with E-state index in [9.17, 15) is 13.2 Å². The number of hydrogen-bond acceptors (Lipinski definition) is 5. The maximum atomic E-state index is 11.9. The zero-order valence-electron chi connectivity index (χ0n) is 12.0. The van der Waals surface area contributed by atoms with Gasteiger partial charge < -0.3 is 9.64 Å². The highest BCUT2D eigenvalue weighted by Gasteiger charge is 2.28. The second-order valence-corrected chi connectivity index (χ2v) is 8.15. The molecule has 0 radical (unpaired) electrons. The Morgan fingerprint density at radius 1 is 1.22 bits per heavy atom. The third-order valence-electron chi connectivity index (χ3n) is 2.68. The van der Waals surface area contributed by atoms with Gasteiger partial charge in [0.1, 0.15) is 0 Å². The zero-order chi connectivity index (χ0) is 14.4. The van der Waals surface area contributed by atoms with Crippen LogP contribution in [-0.2, 0) is 19.4 Å². The van der Waals surface area contributed by atoms with Gasteiger partial charge in [0.15, 0.2) is 9.84 Å². The van der Waals surface area contributed by atoms with Crippen molar-refractivity contribution in [3.63, 3.8) is 0 Å². The maximum absolute atomic E-state index is 11.9. The molecule has 0 N–H and O–H groups in total. The van der Waals surface area contributed by atoms with E-state index in [2.05, 4.69) is 0 Å². The van der Waals surface area contributed by atoms with Crippen molar-refractivity contribution in [3.05, 3.63) is 0 Å². The van der Waals surface area contributed by atoms with Gasteiger partial charge >= 0.3 is 5.97 Å². The first-order valence-electron chi connectivity index (χ1n) is 6.16. The Bertz CT molecular complexity index is 357. The third-order valence-corrected chi connectivity index (χ3v) is 5.26. The van der Waals surface area contributed by atoms with Crippen molar-refractivity contribution in [2.24, 2.45) is 0 Å². The standard InChI is InChI=1S/C12H25NO4S/c1-6-17-11(14)7-8-13(5)9-10-18(15,16)12(2,3)4/h6-10H2,1-5H3. The van der Waals surface area contributed by atoms with Crippen molar-refractivity contribution in [2.75, 3.05) is 32.5 Å². The third kappa shape index (κ3) is 6.35. The smallest absolute Gasteiger partial charge is 0.307 e. The number of hydrogen-bond donors (Lipinski definition) is 0. The maximum Gasteiger partial charge on any atom is 0.307 e. The zero-order valence-corrected chi connectivity index (χ0v) is 12.8. The molecule has 0 rings (SSSR count). The van der Waals surface area contributed by atoms with Crippen LogP contribution < -0.4 is 0 Å². The number of esters is 1. The lowest BCUT2D eigenvalue weighted by Crippen LogP contribution is -2.36. The molecule has 0 amide bonds. The van der Waals surface area contributed by atoms with Crippen LogP contribution in [0.2, 0.25) is 0 Å². The number of carbonyl (C=O) groups excluding carboxylic acids is 1. The lowest BCUT2D eigenvalue weighted by atomic mass is 10.3. The lowest BCUT2D eigenvalue weighted by molar-refractivity contribution is -0.143. The molecule has 0 aliphatic carbocycles. The molecule has 108 valence electrons. The summed E-state index contributed by atoms with van der Waals surface area (Å²) in [7, 11) is -1.30. The SMILES string of the molecule is CCOC(=O)CCN(C)CCS(=O)(=O)C(C)(C)C. The summed E-state index contributed by atoms with van der Waals surface area (Å²) < 4.78 is 27.8. The van der Waals surface area contributed by atoms with E-state index in [1.165, 1.54) is 0 Å². The van der Waals surface area contributed by atoms with Gasteiger partial charge in [-0.1, -0.05) is 0 Å². The molecule has 0 unspecified atom stereocenters. The Hall–Kier alpha value is -0.620. The van der Waals surface area contributed by atoms with E-state index in [4.69, 9.17) is 4.74 Å². The molecule has 0 aromatic heterocycles. The largest absolute Gasteiger partial charge is 0.466 e. The van der Waals surface area contributed by atoms with E-state index in [0.29, 0.717) is 26.1 Å². The Kier molecular flexibility index (Phi) is 6.84. The van der Waals surface area contributed by atoms with Crippen LogP contribution in [0.5, 0.6) is 0 Å². The highest BCUT2D eigenvalue weighted by atomic mass is 32.2. The molecular formula is C12H25NO4S. The molecule has 0 aromatic rings. The predicted molar refractivity (Wildman–Crippen MR) is 72.3 cm³/mol. The van der Waals surface area contributed by atoms with Gasteiger partial charge in [0, 0.05) is 13.1 Å². The van der Waals surface area contributed by atoms with Crippen LogP contribution in [0.4, 0.5) is 0 Å². The molecule has 0 aliphatic heterocycles. The molecule has 0 bridgehead atoms. The van der Waals surface area contributed by atoms with Gasteiger partial charge in [-0.3, -0.25) is 4.79 Å². The summed E-state index contributed by atoms with van der Waals surface area (Å²) in [5.41, 5.74) is 0. The monoisotopic (exact) mass is 279 g/mol. The van der Waals surface area contributed by atoms with Crippen LogP contribution in [0, 0.1) is 0 Å². The van der Waals surface area contributed by atoms with Crippen molar-refractivity contribution in [1.82, 2.24) is 4.90 Å². The fraction of sp³-hybridized carbons (Fsp3) is 0.917. The Morgan fingerprint density at radius 2 is 1.78 bits per heavy atom. The Morgan fingerprint density at radius 3 is 2.22 bits per heavy atom. The van der Waals surface area contributed by atoms with Gasteiger partial charge in [-0.15, -0.1) is 0 Å². The number of sulfone groups is 1. The van der Waals surface area contributed by atoms with E-state index >= 15 is 0 Å². The van der Waals surface area contributed by atoms with E-state index < -0.39 is 14.6 Å². The molecule has 0 aromatic carbocycles. The molecular weight excluding hydrogens is 254 g/mol. The first-order valence-corrected chi connectivity index (χ1v) is 7.82. The lowest BCUT2D eigenvalue weighted by Gasteiger charge is -2.22. The molecule has 0 saturated carbocycles. The van der Waals surface area contributed by atoms with Crippen molar-refractivity contribution in [1.29, 1.82) is 0 Å². The summed E-state index contributed by atoms with van der Waals surface area (Å²) in [6, 6.07) is 0. The van der Waals surface area contributed by atoms with Crippen LogP contribution >= 0.6 is 0 Å². The van der Waals surface area contributed by atoms with E-state index in [1.54, 1.807) is 34.7 Å². The van der Waals surface area contributed by atoms with Crippen molar-refractivity contribution in [2.45, 2.75) is 38.9 Å². The summed E-state index contributed by atoms with van der Waals surface area (Å²) in [5.74, 6) is -0.140. The first-order chi connectivity index (χ1) is 8.10. The molecule has 0 fully saturated rings. The number of rotatable bonds is 7. The van der Waals surface area contributed by atoms with Gasteiger partial charge in [0.25, 0.3) is 0 Å². The van der Waals surface area contributed by atoms with Crippen LogP contribution in [0.25, 0.3) is 0 Å². The van der Waals surface area contributed by atoms with Gasteiger partial charge in [-0.05, 0) is 34.7 Å². The first kappa shape index (κ1) is 17.4. The molecule has 6 heteroatoms. The van der Waals surface area contributed by atoms with Crippen molar-refractivity contribution in [3.8, 4) is 0 Å². The average molecular weight is 279 g/mol. The fourth-order valence-electron chi connectivity index (χ4n) is 1.21. The number of nitrogens with zero attached hydrogens (tertiary/aromatic N) is 1. The molecule has 5 nitrogen and oxygen atoms in total. The number of carbonyl (C=O) groups is 1. The van der Waals surface area contributed by atoms with Crippen molar-refractivity contribution < 1.29 is 17.9 Å². The van der Waals surface area contributed by atoms with Crippen LogP contribution in [-0.4, -0.2) is 56.5 Å². The topological polar surface area (TPSA) is 63.7 Å². The summed E-state index contributed by atoms with van der Waals surface area (Å²) >= 11 is 0. The summed E-state index contributed by atoms with van der Waals surface area (Å²) in [6.45, 7) is 8.17. The predicted octanol–water partition coefficient (Wildman–Crippen LogP) is 1.08. The Balaban J connectivity index is 4.05. The van der Waals surface area contributed by atoms with Crippen LogP contribution in [0.1, 0.15) is 34.1 Å². The minimum atomic E-state index is -3.10. The molecule has 18 heavy (non-hydrogen) atoms. The van der Waals surface area contributed by atoms with Crippen LogP contribution in [0.15, 0.2) is 0 Å². The molecule has 0 aliphatic rings. The minimum absolute atomic E-state index is 0.107. The second kappa shape index (κ2) is 7.09. The second-order valence-electron chi connectivity index (χ2n) is 5.29. The highest BCUT2D eigenvalue weighted by molar-refractivity contribution is 7.92. The fourth-order valence-corrected chi connectivity index (χ4v) is 2.37. The Labute approximate surface area is 110 Å². The quantitative estimate of drug-likeness (QED) is 0.653. The van der Waals surface area contributed by atoms with Gasteiger partial charge in [-0.2, -0.15) is 0 Å². The molecule has 0 saturated heterocycles.